The van der Waals surface area contributed by atoms with Crippen molar-refractivity contribution in [3.63, 3.8) is 0 Å². The Balaban J connectivity index is 4.29. The Hall–Kier alpha value is -1.70. The lowest BCUT2D eigenvalue weighted by atomic mass is 10.2. The van der Waals surface area contributed by atoms with E-state index >= 15 is 0 Å². The Bertz CT molecular complexity index is 361. The Labute approximate surface area is 109 Å². The van der Waals surface area contributed by atoms with Gasteiger partial charge < -0.3 is 9.64 Å². The van der Waals surface area contributed by atoms with Gasteiger partial charge in [0, 0.05) is 20.8 Å². The van der Waals surface area contributed by atoms with E-state index < -0.39 is 24.1 Å². The number of hydrogen-bond donors (Lipinski definition) is 0. The van der Waals surface area contributed by atoms with Crippen LogP contribution in [0, 0.1) is 53.6 Å². The van der Waals surface area contributed by atoms with Crippen molar-refractivity contribution in [2.75, 3.05) is 13.1 Å². The van der Waals surface area contributed by atoms with E-state index in [2.05, 4.69) is 16.6 Å². The Kier molecular flexibility index (Phi) is 6.24. The second-order valence-electron chi connectivity index (χ2n) is 3.19. The second-order valence-corrected chi connectivity index (χ2v) is 3.19. The quantitative estimate of drug-likeness (QED) is 0.522. The predicted octanol–water partition coefficient (Wildman–Crippen LogP) is 0.177. The molecular weight excluding hydrogens is 232 g/mol. The molecule has 0 aliphatic carbocycles. The third-order valence-electron chi connectivity index (χ3n) is 1.48. The van der Waals surface area contributed by atoms with Gasteiger partial charge in [0.25, 0.3) is 0 Å². The van der Waals surface area contributed by atoms with Gasteiger partial charge in [-0.2, -0.15) is 0 Å². The zero-order valence-corrected chi connectivity index (χ0v) is 9.50. The maximum atomic E-state index is 11.4. The highest BCUT2D eigenvalue weighted by molar-refractivity contribution is 5.83. The van der Waals surface area contributed by atoms with Crippen molar-refractivity contribution < 1.29 is 14.3 Å². The summed E-state index contributed by atoms with van der Waals surface area (Å²) in [5, 5.41) is 0. The van der Waals surface area contributed by atoms with Crippen molar-refractivity contribution >= 4 is 12.0 Å². The molecule has 5 nitrogen and oxygen atoms in total. The van der Waals surface area contributed by atoms with Crippen LogP contribution in [0.3, 0.4) is 0 Å². The maximum absolute atomic E-state index is 11.4. The number of carbonyl (C=O) groups is 2. The Morgan fingerprint density at radius 1 is 1.17 bits per heavy atom. The molecule has 0 fully saturated rings. The lowest BCUT2D eigenvalue weighted by Crippen LogP contribution is -2.40. The third kappa shape index (κ3) is 6.79. The van der Waals surface area contributed by atoms with E-state index in [4.69, 9.17) is 41.8 Å². The van der Waals surface area contributed by atoms with Gasteiger partial charge in [0.2, 0.25) is 5.91 Å². The zero-order valence-electron chi connectivity index (χ0n) is 9.50. The number of nitrogens with zero attached hydrogens (tertiary/aromatic N) is 2. The molecule has 5 heteroatoms. The normalized spacial score (nSPS) is 10.1. The van der Waals surface area contributed by atoms with Crippen LogP contribution in [0.4, 0.5) is 4.79 Å². The minimum absolute atomic E-state index is 0.118. The zero-order chi connectivity index (χ0) is 14.3. The SMILES string of the molecule is [CH]C#CCN([CH])C(=O)CN([CH])C(=O)OC([CH])([CH])[CH]. The van der Waals surface area contributed by atoms with Gasteiger partial charge in [0.1, 0.15) is 12.1 Å². The third-order valence-corrected chi connectivity index (χ3v) is 1.48. The fourth-order valence-corrected chi connectivity index (χ4v) is 0.730. The molecule has 0 bridgehead atoms. The molecule has 0 saturated carbocycles. The molecule has 2 amide bonds. The maximum Gasteiger partial charge on any atom is 0.411 e. The summed E-state index contributed by atoms with van der Waals surface area (Å²) in [6.07, 6.45) is -1.19. The molecule has 0 aromatic carbocycles. The molecule has 0 N–H and O–H groups in total. The molecule has 0 aromatic rings. The second kappa shape index (κ2) is 6.90. The van der Waals surface area contributed by atoms with Crippen LogP contribution in [0.15, 0.2) is 0 Å². The molecule has 0 aliphatic heterocycles. The molecule has 0 aromatic heterocycles. The molecule has 90 valence electrons. The lowest BCUT2D eigenvalue weighted by molar-refractivity contribution is -0.128. The van der Waals surface area contributed by atoms with Crippen LogP contribution in [-0.4, -0.2) is 40.5 Å². The number of ether oxygens (including phenoxy) is 1. The predicted molar refractivity (Wildman–Crippen MR) is 61.2 cm³/mol. The fourth-order valence-electron chi connectivity index (χ4n) is 0.730. The first-order chi connectivity index (χ1) is 8.17. The molecule has 0 heterocycles. The van der Waals surface area contributed by atoms with Crippen molar-refractivity contribution in [1.82, 2.24) is 9.80 Å². The molecule has 12 radical (unpaired) electrons. The van der Waals surface area contributed by atoms with Crippen LogP contribution in [0.1, 0.15) is 0 Å². The van der Waals surface area contributed by atoms with Gasteiger partial charge in [-0.3, -0.25) is 9.69 Å². The van der Waals surface area contributed by atoms with E-state index in [9.17, 15) is 9.59 Å². The minimum atomic E-state index is -2.19. The summed E-state index contributed by atoms with van der Waals surface area (Å²) in [5.74, 6) is 3.69. The topological polar surface area (TPSA) is 49.9 Å². The first-order valence-electron chi connectivity index (χ1n) is 4.52. The smallest absolute Gasteiger partial charge is 0.411 e. The summed E-state index contributed by atoms with van der Waals surface area (Å²) in [6, 6.07) is 0. The monoisotopic (exact) mass is 242 g/mol. The molecule has 0 atom stereocenters. The highest BCUT2D eigenvalue weighted by Crippen LogP contribution is 2.08. The van der Waals surface area contributed by atoms with Crippen LogP contribution >= 0.6 is 0 Å². The van der Waals surface area contributed by atoms with Gasteiger partial charge in [-0.25, -0.2) is 4.79 Å². The van der Waals surface area contributed by atoms with Crippen molar-refractivity contribution in [2.45, 2.75) is 5.60 Å². The molecule has 0 aliphatic rings. The lowest BCUT2D eigenvalue weighted by Gasteiger charge is -2.24. The largest absolute Gasteiger partial charge is 0.442 e. The van der Waals surface area contributed by atoms with Gasteiger partial charge in [0.05, 0.1) is 27.6 Å². The van der Waals surface area contributed by atoms with Crippen molar-refractivity contribution in [2.24, 2.45) is 0 Å². The summed E-state index contributed by atoms with van der Waals surface area (Å²) in [7, 11) is 10.5. The van der Waals surface area contributed by atoms with Crippen LogP contribution in [0.5, 0.6) is 0 Å². The van der Waals surface area contributed by atoms with Crippen molar-refractivity contribution in [3.8, 4) is 11.8 Å². The van der Waals surface area contributed by atoms with E-state index in [0.717, 1.165) is 0 Å². The van der Waals surface area contributed by atoms with Gasteiger partial charge in [-0.15, -0.1) is 0 Å². The molecule has 0 saturated heterocycles. The van der Waals surface area contributed by atoms with Crippen LogP contribution in [-0.2, 0) is 9.53 Å². The van der Waals surface area contributed by atoms with Crippen molar-refractivity contribution in [1.29, 1.82) is 0 Å². The average molecular weight is 242 g/mol. The van der Waals surface area contributed by atoms with Crippen LogP contribution < -0.4 is 0 Å². The average Bonchev–Trinajstić information content (AvgIpc) is 2.23. The van der Waals surface area contributed by atoms with Gasteiger partial charge in [-0.05, 0) is 0 Å². The Morgan fingerprint density at radius 3 is 2.17 bits per heavy atom. The highest BCUT2D eigenvalue weighted by atomic mass is 16.6. The van der Waals surface area contributed by atoms with E-state index in [1.165, 1.54) is 0 Å². The summed E-state index contributed by atoms with van der Waals surface area (Å²) in [4.78, 5) is 23.7. The first-order valence-corrected chi connectivity index (χ1v) is 4.52. The first kappa shape index (κ1) is 16.3. The molecule has 18 heavy (non-hydrogen) atoms. The number of amides is 2. The van der Waals surface area contributed by atoms with E-state index in [0.29, 0.717) is 9.80 Å². The summed E-state index contributed by atoms with van der Waals surface area (Å²) >= 11 is 0. The van der Waals surface area contributed by atoms with Gasteiger partial charge in [-0.1, -0.05) is 11.8 Å². The van der Waals surface area contributed by atoms with Gasteiger partial charge >= 0.3 is 6.09 Å². The van der Waals surface area contributed by atoms with Crippen LogP contribution in [0.25, 0.3) is 0 Å². The van der Waals surface area contributed by atoms with E-state index in [1.54, 1.807) is 0 Å². The van der Waals surface area contributed by atoms with Crippen molar-refractivity contribution in [3.05, 3.63) is 41.8 Å². The number of rotatable bonds is 4. The van der Waals surface area contributed by atoms with Gasteiger partial charge in [0.15, 0.2) is 0 Å². The van der Waals surface area contributed by atoms with E-state index in [-0.39, 0.29) is 6.54 Å². The molecule has 0 rings (SSSR count). The summed E-state index contributed by atoms with van der Waals surface area (Å²) in [5.41, 5.74) is -2.19. The Morgan fingerprint density at radius 2 is 1.72 bits per heavy atom. The summed E-state index contributed by atoms with van der Waals surface area (Å²) in [6.45, 7) is 19.2. The fraction of sp³-hybridized carbons (Fsp3) is 0.231. The minimum Gasteiger partial charge on any atom is -0.442 e. The summed E-state index contributed by atoms with van der Waals surface area (Å²) < 4.78 is 4.30. The molecular formula is C13H10N2O3. The van der Waals surface area contributed by atoms with Crippen LogP contribution in [0.2, 0.25) is 0 Å². The standard InChI is InChI=1S/C13H10N2O3/c1-7-8-9-14(5)11(16)10-15(6)12(17)18-13(2,3)4/h1-6H,9-10H2. The molecule has 0 spiro atoms. The highest BCUT2D eigenvalue weighted by Gasteiger charge is 2.23. The number of carbonyl (C=O) groups excluding carboxylic acids is 2. The van der Waals surface area contributed by atoms with E-state index in [1.807, 2.05) is 0 Å². The molecule has 0 unspecified atom stereocenters. The number of hydrogen-bond acceptors (Lipinski definition) is 3.